The fourth-order valence-corrected chi connectivity index (χ4v) is 1.72. The summed E-state index contributed by atoms with van der Waals surface area (Å²) in [7, 11) is 0. The van der Waals surface area contributed by atoms with Crippen molar-refractivity contribution in [3.05, 3.63) is 0 Å². The average molecular weight is 258 g/mol. The van der Waals surface area contributed by atoms with Crippen LogP contribution >= 0.6 is 0 Å². The van der Waals surface area contributed by atoms with Gasteiger partial charge in [-0.15, -0.1) is 0 Å². The standard InChI is InChI=1S/C13H26N2O3/c1-8(2)11(14)12(18)15-9(6-10(16)17)7-13(3,4)5/h8-9,11H,6-7,14H2,1-5H3,(H,15,18)(H,16,17)/t9?,11-/m0/s1. The molecule has 1 unspecified atom stereocenters. The number of nitrogens with two attached hydrogens (primary N) is 1. The lowest BCUT2D eigenvalue weighted by molar-refractivity contribution is -0.138. The maximum Gasteiger partial charge on any atom is 0.305 e. The van der Waals surface area contributed by atoms with Crippen LogP contribution in [0.4, 0.5) is 0 Å². The molecule has 0 spiro atoms. The van der Waals surface area contributed by atoms with E-state index in [1.165, 1.54) is 0 Å². The highest BCUT2D eigenvalue weighted by atomic mass is 16.4. The minimum Gasteiger partial charge on any atom is -0.481 e. The van der Waals surface area contributed by atoms with E-state index in [2.05, 4.69) is 5.32 Å². The largest absolute Gasteiger partial charge is 0.481 e. The Morgan fingerprint density at radius 1 is 1.28 bits per heavy atom. The minimum atomic E-state index is -0.914. The number of amides is 1. The van der Waals surface area contributed by atoms with Gasteiger partial charge >= 0.3 is 5.97 Å². The molecule has 2 atom stereocenters. The molecule has 0 aliphatic rings. The molecule has 1 amide bonds. The van der Waals surface area contributed by atoms with Crippen LogP contribution in [0.5, 0.6) is 0 Å². The monoisotopic (exact) mass is 258 g/mol. The predicted octanol–water partition coefficient (Wildman–Crippen LogP) is 1.37. The lowest BCUT2D eigenvalue weighted by Crippen LogP contribution is -2.49. The number of carbonyl (C=O) groups excluding carboxylic acids is 1. The predicted molar refractivity (Wildman–Crippen MR) is 71.1 cm³/mol. The van der Waals surface area contributed by atoms with E-state index in [4.69, 9.17) is 10.8 Å². The Kier molecular flexibility index (Phi) is 6.32. The number of hydrogen-bond acceptors (Lipinski definition) is 3. The van der Waals surface area contributed by atoms with Gasteiger partial charge in [-0.2, -0.15) is 0 Å². The highest BCUT2D eigenvalue weighted by Gasteiger charge is 2.25. The smallest absolute Gasteiger partial charge is 0.305 e. The molecule has 0 aliphatic heterocycles. The highest BCUT2D eigenvalue weighted by molar-refractivity contribution is 5.82. The van der Waals surface area contributed by atoms with Gasteiger partial charge < -0.3 is 16.2 Å². The molecular weight excluding hydrogens is 232 g/mol. The second kappa shape index (κ2) is 6.73. The summed E-state index contributed by atoms with van der Waals surface area (Å²) in [5.41, 5.74) is 5.70. The first-order chi connectivity index (χ1) is 8.03. The van der Waals surface area contributed by atoms with Crippen LogP contribution in [0.1, 0.15) is 47.5 Å². The SMILES string of the molecule is CC(C)[C@H](N)C(=O)NC(CC(=O)O)CC(C)(C)C. The summed E-state index contributed by atoms with van der Waals surface area (Å²) in [6, 6.07) is -0.971. The Morgan fingerprint density at radius 3 is 2.11 bits per heavy atom. The first-order valence-electron chi connectivity index (χ1n) is 6.30. The van der Waals surface area contributed by atoms with Crippen LogP contribution in [0.15, 0.2) is 0 Å². The Morgan fingerprint density at radius 2 is 1.78 bits per heavy atom. The molecule has 0 fully saturated rings. The summed E-state index contributed by atoms with van der Waals surface area (Å²) in [4.78, 5) is 22.6. The maximum absolute atomic E-state index is 11.8. The first kappa shape index (κ1) is 16.9. The Labute approximate surface area is 109 Å². The van der Waals surface area contributed by atoms with Crippen LogP contribution in [-0.2, 0) is 9.59 Å². The lowest BCUT2D eigenvalue weighted by atomic mass is 9.86. The van der Waals surface area contributed by atoms with Gasteiger partial charge in [0.2, 0.25) is 5.91 Å². The summed E-state index contributed by atoms with van der Waals surface area (Å²) in [6.45, 7) is 9.75. The number of carbonyl (C=O) groups is 2. The van der Waals surface area contributed by atoms with Crippen LogP contribution in [0.3, 0.4) is 0 Å². The van der Waals surface area contributed by atoms with Gasteiger partial charge in [-0.05, 0) is 17.8 Å². The zero-order valence-corrected chi connectivity index (χ0v) is 12.0. The quantitative estimate of drug-likeness (QED) is 0.671. The van der Waals surface area contributed by atoms with Gasteiger partial charge in [0.15, 0.2) is 0 Å². The fraction of sp³-hybridized carbons (Fsp3) is 0.846. The van der Waals surface area contributed by atoms with Gasteiger partial charge in [0, 0.05) is 6.04 Å². The third kappa shape index (κ3) is 7.27. The maximum atomic E-state index is 11.8. The lowest BCUT2D eigenvalue weighted by Gasteiger charge is -2.27. The molecule has 106 valence electrons. The molecule has 5 heteroatoms. The molecule has 0 radical (unpaired) electrons. The van der Waals surface area contributed by atoms with Gasteiger partial charge in [-0.1, -0.05) is 34.6 Å². The fourth-order valence-electron chi connectivity index (χ4n) is 1.72. The normalized spacial score (nSPS) is 15.3. The molecule has 0 saturated carbocycles. The Bertz CT molecular complexity index is 295. The van der Waals surface area contributed by atoms with Gasteiger partial charge in [-0.25, -0.2) is 0 Å². The van der Waals surface area contributed by atoms with Crippen molar-refractivity contribution in [3.63, 3.8) is 0 Å². The second-order valence-electron chi connectivity index (χ2n) is 6.34. The van der Waals surface area contributed by atoms with Crippen molar-refractivity contribution in [1.82, 2.24) is 5.32 Å². The average Bonchev–Trinajstić information content (AvgIpc) is 2.11. The van der Waals surface area contributed by atoms with Crippen LogP contribution in [0.25, 0.3) is 0 Å². The minimum absolute atomic E-state index is 0.0325. The van der Waals surface area contributed by atoms with Crippen molar-refractivity contribution in [1.29, 1.82) is 0 Å². The molecule has 0 saturated heterocycles. The third-order valence-electron chi connectivity index (χ3n) is 2.65. The van der Waals surface area contributed by atoms with Crippen molar-refractivity contribution in [2.24, 2.45) is 17.1 Å². The molecular formula is C13H26N2O3. The van der Waals surface area contributed by atoms with Gasteiger partial charge in [0.05, 0.1) is 12.5 Å². The summed E-state index contributed by atoms with van der Waals surface area (Å²) >= 11 is 0. The van der Waals surface area contributed by atoms with Gasteiger partial charge in [0.25, 0.3) is 0 Å². The number of aliphatic carboxylic acids is 1. The first-order valence-corrected chi connectivity index (χ1v) is 6.30. The van der Waals surface area contributed by atoms with Crippen molar-refractivity contribution >= 4 is 11.9 Å². The van der Waals surface area contributed by atoms with Crippen LogP contribution < -0.4 is 11.1 Å². The molecule has 0 aliphatic carbocycles. The van der Waals surface area contributed by atoms with Gasteiger partial charge in [-0.3, -0.25) is 9.59 Å². The number of nitrogens with one attached hydrogen (secondary N) is 1. The Hall–Kier alpha value is -1.10. The number of hydrogen-bond donors (Lipinski definition) is 3. The summed E-state index contributed by atoms with van der Waals surface area (Å²) < 4.78 is 0. The van der Waals surface area contributed by atoms with Crippen molar-refractivity contribution < 1.29 is 14.7 Å². The highest BCUT2D eigenvalue weighted by Crippen LogP contribution is 2.22. The van der Waals surface area contributed by atoms with Crippen LogP contribution in [0.2, 0.25) is 0 Å². The van der Waals surface area contributed by atoms with E-state index in [-0.39, 0.29) is 29.7 Å². The van der Waals surface area contributed by atoms with E-state index in [1.807, 2.05) is 34.6 Å². The van der Waals surface area contributed by atoms with E-state index in [0.29, 0.717) is 6.42 Å². The molecule has 4 N–H and O–H groups in total. The van der Waals surface area contributed by atoms with E-state index in [9.17, 15) is 9.59 Å². The second-order valence-corrected chi connectivity index (χ2v) is 6.34. The molecule has 18 heavy (non-hydrogen) atoms. The molecule has 0 aromatic rings. The molecule has 0 aromatic carbocycles. The van der Waals surface area contributed by atoms with E-state index < -0.39 is 12.0 Å². The molecule has 0 bridgehead atoms. The van der Waals surface area contributed by atoms with Crippen LogP contribution in [-0.4, -0.2) is 29.1 Å². The van der Waals surface area contributed by atoms with Crippen molar-refractivity contribution in [2.45, 2.75) is 59.5 Å². The molecule has 0 heterocycles. The van der Waals surface area contributed by atoms with E-state index in [0.717, 1.165) is 0 Å². The van der Waals surface area contributed by atoms with Gasteiger partial charge in [0.1, 0.15) is 0 Å². The summed E-state index contributed by atoms with van der Waals surface area (Å²) in [6.07, 6.45) is 0.531. The molecule has 0 aromatic heterocycles. The summed E-state index contributed by atoms with van der Waals surface area (Å²) in [5, 5.41) is 11.6. The van der Waals surface area contributed by atoms with E-state index in [1.54, 1.807) is 0 Å². The Balaban J connectivity index is 4.59. The van der Waals surface area contributed by atoms with Crippen molar-refractivity contribution in [3.8, 4) is 0 Å². The zero-order valence-electron chi connectivity index (χ0n) is 12.0. The molecule has 5 nitrogen and oxygen atoms in total. The number of carboxylic acid groups (broad SMARTS) is 1. The summed E-state index contributed by atoms with van der Waals surface area (Å²) in [5.74, 6) is -1.16. The number of rotatable bonds is 6. The van der Waals surface area contributed by atoms with Crippen molar-refractivity contribution in [2.75, 3.05) is 0 Å². The third-order valence-corrected chi connectivity index (χ3v) is 2.65. The van der Waals surface area contributed by atoms with Crippen LogP contribution in [0, 0.1) is 11.3 Å². The number of carboxylic acids is 1. The molecule has 0 rings (SSSR count). The van der Waals surface area contributed by atoms with E-state index >= 15 is 0 Å². The zero-order chi connectivity index (χ0) is 14.5. The topological polar surface area (TPSA) is 92.4 Å².